The minimum absolute atomic E-state index is 0.355. The zero-order chi connectivity index (χ0) is 13.4. The van der Waals surface area contributed by atoms with Gasteiger partial charge in [0.2, 0.25) is 0 Å². The summed E-state index contributed by atoms with van der Waals surface area (Å²) >= 11 is 0. The lowest BCUT2D eigenvalue weighted by atomic mass is 10.1. The van der Waals surface area contributed by atoms with Crippen LogP contribution in [-0.4, -0.2) is 38.8 Å². The molecule has 1 unspecified atom stereocenters. The second-order valence-corrected chi connectivity index (χ2v) is 4.37. The number of nitrogens with one attached hydrogen (secondary N) is 1. The number of nitrogens with zero attached hydrogens (tertiary/aromatic N) is 2. The van der Waals surface area contributed by atoms with Crippen LogP contribution < -0.4 is 10.2 Å². The Labute approximate surface area is 110 Å². The van der Waals surface area contributed by atoms with Crippen LogP contribution >= 0.6 is 0 Å². The van der Waals surface area contributed by atoms with Gasteiger partial charge < -0.3 is 15.0 Å². The zero-order valence-electron chi connectivity index (χ0n) is 11.9. The van der Waals surface area contributed by atoms with Crippen molar-refractivity contribution in [1.29, 1.82) is 0 Å². The highest BCUT2D eigenvalue weighted by molar-refractivity contribution is 5.43. The average Bonchev–Trinajstić information content (AvgIpc) is 2.42. The molecule has 18 heavy (non-hydrogen) atoms. The molecule has 0 aliphatic carbocycles. The van der Waals surface area contributed by atoms with Gasteiger partial charge in [0.15, 0.2) is 0 Å². The van der Waals surface area contributed by atoms with Crippen LogP contribution in [0.3, 0.4) is 0 Å². The van der Waals surface area contributed by atoms with Gasteiger partial charge >= 0.3 is 0 Å². The summed E-state index contributed by atoms with van der Waals surface area (Å²) in [5.41, 5.74) is 2.24. The first kappa shape index (κ1) is 14.9. The lowest BCUT2D eigenvalue weighted by molar-refractivity contribution is 0.206. The number of aromatic nitrogens is 1. The number of rotatable bonds is 8. The number of likely N-dealkylation sites (N-methyl/N-ethyl adjacent to an activating group) is 1. The van der Waals surface area contributed by atoms with E-state index in [9.17, 15) is 0 Å². The van der Waals surface area contributed by atoms with Crippen molar-refractivity contribution in [3.05, 3.63) is 24.0 Å². The summed E-state index contributed by atoms with van der Waals surface area (Å²) in [6.07, 6.45) is 2.99. The molecule has 102 valence electrons. The largest absolute Gasteiger partial charge is 0.383 e. The van der Waals surface area contributed by atoms with Gasteiger partial charge in [0, 0.05) is 26.7 Å². The number of ether oxygens (including phenoxy) is 1. The van der Waals surface area contributed by atoms with Crippen molar-refractivity contribution in [3.8, 4) is 0 Å². The molecule has 1 rings (SSSR count). The summed E-state index contributed by atoms with van der Waals surface area (Å²) in [4.78, 5) is 6.70. The molecule has 1 heterocycles. The predicted molar refractivity (Wildman–Crippen MR) is 76.1 cm³/mol. The van der Waals surface area contributed by atoms with Crippen molar-refractivity contribution in [2.45, 2.75) is 26.3 Å². The maximum absolute atomic E-state index is 5.07. The second-order valence-electron chi connectivity index (χ2n) is 4.37. The maximum Gasteiger partial charge on any atom is 0.0637 e. The first-order chi connectivity index (χ1) is 8.72. The summed E-state index contributed by atoms with van der Waals surface area (Å²) in [5.74, 6) is 0. The normalized spacial score (nSPS) is 12.4. The molecule has 4 nitrogen and oxygen atoms in total. The van der Waals surface area contributed by atoms with Crippen molar-refractivity contribution in [2.75, 3.05) is 38.8 Å². The van der Waals surface area contributed by atoms with Crippen LogP contribution in [0.4, 0.5) is 5.69 Å². The van der Waals surface area contributed by atoms with E-state index in [1.165, 1.54) is 0 Å². The summed E-state index contributed by atoms with van der Waals surface area (Å²) in [7, 11) is 3.77. The van der Waals surface area contributed by atoms with Crippen molar-refractivity contribution in [3.63, 3.8) is 0 Å². The molecule has 1 atom stereocenters. The molecule has 1 N–H and O–H groups in total. The van der Waals surface area contributed by atoms with Crippen LogP contribution in [-0.2, 0) is 4.74 Å². The number of hydrogen-bond donors (Lipinski definition) is 1. The molecular formula is C14H25N3O. The molecule has 0 fully saturated rings. The van der Waals surface area contributed by atoms with Crippen molar-refractivity contribution < 1.29 is 4.74 Å². The fourth-order valence-electron chi connectivity index (χ4n) is 1.89. The van der Waals surface area contributed by atoms with Crippen molar-refractivity contribution in [1.82, 2.24) is 10.3 Å². The van der Waals surface area contributed by atoms with E-state index in [1.807, 2.05) is 6.20 Å². The molecule has 0 aliphatic rings. The minimum atomic E-state index is 0.355. The Morgan fingerprint density at radius 3 is 2.67 bits per heavy atom. The van der Waals surface area contributed by atoms with Gasteiger partial charge in [-0.2, -0.15) is 0 Å². The van der Waals surface area contributed by atoms with E-state index in [1.54, 1.807) is 7.11 Å². The van der Waals surface area contributed by atoms with Crippen LogP contribution in [0, 0.1) is 0 Å². The second kappa shape index (κ2) is 8.06. The number of methoxy groups -OCH3 is 1. The van der Waals surface area contributed by atoms with E-state index < -0.39 is 0 Å². The van der Waals surface area contributed by atoms with E-state index in [2.05, 4.69) is 48.2 Å². The first-order valence-corrected chi connectivity index (χ1v) is 6.62. The Kier molecular flexibility index (Phi) is 6.68. The van der Waals surface area contributed by atoms with Crippen LogP contribution in [0.2, 0.25) is 0 Å². The van der Waals surface area contributed by atoms with Gasteiger partial charge in [-0.25, -0.2) is 0 Å². The molecule has 0 radical (unpaired) electrons. The Morgan fingerprint density at radius 1 is 1.39 bits per heavy atom. The fraction of sp³-hybridized carbons (Fsp3) is 0.643. The molecule has 0 aliphatic heterocycles. The fourth-order valence-corrected chi connectivity index (χ4v) is 1.89. The lowest BCUT2D eigenvalue weighted by Crippen LogP contribution is -2.23. The molecular weight excluding hydrogens is 226 g/mol. The summed E-state index contributed by atoms with van der Waals surface area (Å²) in [6, 6.07) is 4.58. The quantitative estimate of drug-likeness (QED) is 0.769. The molecule has 0 bridgehead atoms. The Morgan fingerprint density at radius 2 is 2.17 bits per heavy atom. The van der Waals surface area contributed by atoms with E-state index in [-0.39, 0.29) is 0 Å². The van der Waals surface area contributed by atoms with E-state index in [4.69, 9.17) is 4.74 Å². The van der Waals surface area contributed by atoms with Crippen molar-refractivity contribution >= 4 is 5.69 Å². The highest BCUT2D eigenvalue weighted by Crippen LogP contribution is 2.17. The molecule has 4 heteroatoms. The van der Waals surface area contributed by atoms with E-state index in [0.717, 1.165) is 37.5 Å². The summed E-state index contributed by atoms with van der Waals surface area (Å²) in [6.45, 7) is 6.87. The Hall–Kier alpha value is -1.13. The van der Waals surface area contributed by atoms with Gasteiger partial charge in [0.1, 0.15) is 0 Å². The standard InChI is InChI=1S/C14H25N3O/c1-5-13(15-6-2)14-8-7-12(11-16-14)17(3)9-10-18-4/h7-8,11,13,15H,5-6,9-10H2,1-4H3. The summed E-state index contributed by atoms with van der Waals surface area (Å²) in [5, 5.41) is 3.44. The van der Waals surface area contributed by atoms with Gasteiger partial charge in [-0.1, -0.05) is 13.8 Å². The van der Waals surface area contributed by atoms with Crippen molar-refractivity contribution in [2.24, 2.45) is 0 Å². The summed E-state index contributed by atoms with van der Waals surface area (Å²) < 4.78 is 5.07. The molecule has 1 aromatic heterocycles. The van der Waals surface area contributed by atoms with Crippen LogP contribution in [0.5, 0.6) is 0 Å². The molecule has 0 spiro atoms. The predicted octanol–water partition coefficient (Wildman–Crippen LogP) is 2.22. The minimum Gasteiger partial charge on any atom is -0.383 e. The molecule has 0 saturated heterocycles. The first-order valence-electron chi connectivity index (χ1n) is 6.62. The smallest absolute Gasteiger partial charge is 0.0637 e. The zero-order valence-corrected chi connectivity index (χ0v) is 11.9. The highest BCUT2D eigenvalue weighted by Gasteiger charge is 2.09. The maximum atomic E-state index is 5.07. The van der Waals surface area contributed by atoms with Crippen LogP contribution in [0.1, 0.15) is 32.0 Å². The molecule has 0 saturated carbocycles. The molecule has 0 amide bonds. The van der Waals surface area contributed by atoms with Gasteiger partial charge in [-0.3, -0.25) is 4.98 Å². The molecule has 1 aromatic rings. The third-order valence-corrected chi connectivity index (χ3v) is 3.06. The van der Waals surface area contributed by atoms with Gasteiger partial charge in [-0.05, 0) is 25.1 Å². The van der Waals surface area contributed by atoms with E-state index in [0.29, 0.717) is 6.04 Å². The van der Waals surface area contributed by atoms with Crippen LogP contribution in [0.25, 0.3) is 0 Å². The SMILES string of the molecule is CCNC(CC)c1ccc(N(C)CCOC)cn1. The van der Waals surface area contributed by atoms with E-state index >= 15 is 0 Å². The average molecular weight is 251 g/mol. The number of hydrogen-bond acceptors (Lipinski definition) is 4. The van der Waals surface area contributed by atoms with Gasteiger partial charge in [0.05, 0.1) is 24.2 Å². The Bertz CT molecular complexity index is 326. The topological polar surface area (TPSA) is 37.4 Å². The lowest BCUT2D eigenvalue weighted by Gasteiger charge is -2.20. The highest BCUT2D eigenvalue weighted by atomic mass is 16.5. The van der Waals surface area contributed by atoms with Gasteiger partial charge in [0.25, 0.3) is 0 Å². The number of anilines is 1. The van der Waals surface area contributed by atoms with Gasteiger partial charge in [-0.15, -0.1) is 0 Å². The van der Waals surface area contributed by atoms with Crippen LogP contribution in [0.15, 0.2) is 18.3 Å². The molecule has 0 aromatic carbocycles. The third-order valence-electron chi connectivity index (χ3n) is 3.06. The Balaban J connectivity index is 2.66. The number of pyridine rings is 1. The third kappa shape index (κ3) is 4.27. The monoisotopic (exact) mass is 251 g/mol.